The van der Waals surface area contributed by atoms with Gasteiger partial charge in [0, 0.05) is 0 Å². The molecule has 1 radical (unpaired) electrons. The lowest BCUT2D eigenvalue weighted by Gasteiger charge is -2.16. The second-order valence-corrected chi connectivity index (χ2v) is 3.54. The smallest absolute Gasteiger partial charge is 0.00173 e. The van der Waals surface area contributed by atoms with Crippen molar-refractivity contribution in [2.75, 3.05) is 0 Å². The maximum Gasteiger partial charge on any atom is -0.00173 e. The molecule has 1 unspecified atom stereocenters. The molecule has 2 rings (SSSR count). The Morgan fingerprint density at radius 3 is 3.00 bits per heavy atom. The summed E-state index contributed by atoms with van der Waals surface area (Å²) in [6.45, 7) is 0. The molecule has 0 nitrogen and oxygen atoms in total. The molecule has 0 N–H and O–H groups in total. The van der Waals surface area contributed by atoms with Gasteiger partial charge in [0.1, 0.15) is 0 Å². The van der Waals surface area contributed by atoms with Gasteiger partial charge in [-0.25, -0.2) is 0 Å². The predicted octanol–water partition coefficient (Wildman–Crippen LogP) is 3.26. The van der Waals surface area contributed by atoms with Crippen LogP contribution in [-0.2, 0) is 0 Å². The van der Waals surface area contributed by atoms with Gasteiger partial charge in [-0.3, -0.25) is 0 Å². The second-order valence-electron chi connectivity index (χ2n) is 3.54. The van der Waals surface area contributed by atoms with E-state index in [0.29, 0.717) is 0 Å². The zero-order valence-electron chi connectivity index (χ0n) is 6.97. The Morgan fingerprint density at radius 2 is 2.36 bits per heavy atom. The molecular formula is C11H15. The van der Waals surface area contributed by atoms with Crippen LogP contribution < -0.4 is 0 Å². The molecule has 11 heavy (non-hydrogen) atoms. The van der Waals surface area contributed by atoms with Crippen molar-refractivity contribution in [3.8, 4) is 0 Å². The molecule has 0 amide bonds. The van der Waals surface area contributed by atoms with E-state index >= 15 is 0 Å². The van der Waals surface area contributed by atoms with E-state index in [9.17, 15) is 0 Å². The third kappa shape index (κ3) is 1.55. The van der Waals surface area contributed by atoms with Crippen molar-refractivity contribution in [3.63, 3.8) is 0 Å². The highest BCUT2D eigenvalue weighted by Gasteiger charge is 2.15. The van der Waals surface area contributed by atoms with Gasteiger partial charge >= 0.3 is 0 Å². The first-order valence-corrected chi connectivity index (χ1v) is 4.72. The standard InChI is InChI=1S/C11H15/c1-2-6-10(7-3-1)11-8-4-5-9-11/h7-8,10H,1-2,4-6,9H2. The molecule has 0 aromatic heterocycles. The first kappa shape index (κ1) is 7.15. The first-order chi connectivity index (χ1) is 5.47. The molecule has 0 bridgehead atoms. The Morgan fingerprint density at radius 1 is 1.36 bits per heavy atom. The van der Waals surface area contributed by atoms with Gasteiger partial charge in [0.2, 0.25) is 0 Å². The van der Waals surface area contributed by atoms with E-state index in [2.05, 4.69) is 18.2 Å². The fourth-order valence-electron chi connectivity index (χ4n) is 2.06. The maximum absolute atomic E-state index is 3.35. The quantitative estimate of drug-likeness (QED) is 0.499. The SMILES string of the molecule is [C]1=CC(C2=CCCC2)CCC1. The zero-order chi connectivity index (χ0) is 7.52. The van der Waals surface area contributed by atoms with Crippen molar-refractivity contribution in [2.45, 2.75) is 38.5 Å². The van der Waals surface area contributed by atoms with Gasteiger partial charge in [0.05, 0.1) is 0 Å². The Labute approximate surface area is 69.0 Å². The Balaban J connectivity index is 2.02. The molecule has 2 aliphatic rings. The van der Waals surface area contributed by atoms with Gasteiger partial charge in [-0.2, -0.15) is 0 Å². The van der Waals surface area contributed by atoms with E-state index in [1.807, 2.05) is 0 Å². The summed E-state index contributed by atoms with van der Waals surface area (Å²) in [5.74, 6) is 0.770. The topological polar surface area (TPSA) is 0 Å². The molecule has 0 heterocycles. The minimum Gasteiger partial charge on any atom is -0.0847 e. The van der Waals surface area contributed by atoms with E-state index in [1.165, 1.54) is 38.5 Å². The molecule has 0 spiro atoms. The number of hydrogen-bond donors (Lipinski definition) is 0. The molecule has 0 aliphatic heterocycles. The highest BCUT2D eigenvalue weighted by Crippen LogP contribution is 2.31. The van der Waals surface area contributed by atoms with Crippen LogP contribution in [0, 0.1) is 12.0 Å². The summed E-state index contributed by atoms with van der Waals surface area (Å²) in [6, 6.07) is 0. The summed E-state index contributed by atoms with van der Waals surface area (Å²) >= 11 is 0. The fourth-order valence-corrected chi connectivity index (χ4v) is 2.06. The van der Waals surface area contributed by atoms with Crippen LogP contribution in [-0.4, -0.2) is 0 Å². The minimum atomic E-state index is 0.770. The molecule has 0 fully saturated rings. The monoisotopic (exact) mass is 147 g/mol. The number of hydrogen-bond acceptors (Lipinski definition) is 0. The lowest BCUT2D eigenvalue weighted by Crippen LogP contribution is -2.02. The van der Waals surface area contributed by atoms with E-state index in [4.69, 9.17) is 0 Å². The molecular weight excluding hydrogens is 132 g/mol. The van der Waals surface area contributed by atoms with Gasteiger partial charge in [-0.15, -0.1) is 0 Å². The third-order valence-electron chi connectivity index (χ3n) is 2.71. The van der Waals surface area contributed by atoms with Gasteiger partial charge in [0.15, 0.2) is 0 Å². The van der Waals surface area contributed by atoms with Crippen molar-refractivity contribution in [3.05, 3.63) is 23.8 Å². The predicted molar refractivity (Wildman–Crippen MR) is 47.1 cm³/mol. The largest absolute Gasteiger partial charge is 0.0847 e. The van der Waals surface area contributed by atoms with Crippen LogP contribution in [0.5, 0.6) is 0 Å². The van der Waals surface area contributed by atoms with Crippen LogP contribution >= 0.6 is 0 Å². The molecule has 1 atom stereocenters. The molecule has 0 aromatic rings. The van der Waals surface area contributed by atoms with Crippen LogP contribution in [0.25, 0.3) is 0 Å². The van der Waals surface area contributed by atoms with Crippen LogP contribution in [0.2, 0.25) is 0 Å². The third-order valence-corrected chi connectivity index (χ3v) is 2.71. The molecule has 0 aromatic carbocycles. The first-order valence-electron chi connectivity index (χ1n) is 4.72. The summed E-state index contributed by atoms with van der Waals surface area (Å²) in [7, 11) is 0. The average molecular weight is 147 g/mol. The Kier molecular flexibility index (Phi) is 2.11. The van der Waals surface area contributed by atoms with E-state index in [-0.39, 0.29) is 0 Å². The molecule has 0 saturated carbocycles. The zero-order valence-corrected chi connectivity index (χ0v) is 6.97. The highest BCUT2D eigenvalue weighted by molar-refractivity contribution is 5.17. The maximum atomic E-state index is 3.35. The van der Waals surface area contributed by atoms with Gasteiger partial charge < -0.3 is 0 Å². The minimum absolute atomic E-state index is 0.770. The van der Waals surface area contributed by atoms with Crippen LogP contribution in [0.1, 0.15) is 38.5 Å². The summed E-state index contributed by atoms with van der Waals surface area (Å²) in [6.07, 6.45) is 16.0. The van der Waals surface area contributed by atoms with Crippen LogP contribution in [0.3, 0.4) is 0 Å². The summed E-state index contributed by atoms with van der Waals surface area (Å²) < 4.78 is 0. The van der Waals surface area contributed by atoms with Gasteiger partial charge in [-0.1, -0.05) is 17.7 Å². The van der Waals surface area contributed by atoms with E-state index in [0.717, 1.165) is 5.92 Å². The molecule has 59 valence electrons. The average Bonchev–Trinajstić information content (AvgIpc) is 2.58. The fraction of sp³-hybridized carbons (Fsp3) is 0.636. The van der Waals surface area contributed by atoms with Gasteiger partial charge in [0.25, 0.3) is 0 Å². The van der Waals surface area contributed by atoms with E-state index < -0.39 is 0 Å². The van der Waals surface area contributed by atoms with Crippen LogP contribution in [0.4, 0.5) is 0 Å². The van der Waals surface area contributed by atoms with E-state index in [1.54, 1.807) is 5.57 Å². The lowest BCUT2D eigenvalue weighted by molar-refractivity contribution is 0.585. The Bertz CT molecular complexity index is 186. The van der Waals surface area contributed by atoms with Crippen molar-refractivity contribution < 1.29 is 0 Å². The summed E-state index contributed by atoms with van der Waals surface area (Å²) in [4.78, 5) is 0. The lowest BCUT2D eigenvalue weighted by atomic mass is 9.89. The summed E-state index contributed by atoms with van der Waals surface area (Å²) in [5.41, 5.74) is 1.69. The van der Waals surface area contributed by atoms with Gasteiger partial charge in [-0.05, 0) is 50.5 Å². The van der Waals surface area contributed by atoms with Crippen molar-refractivity contribution in [1.29, 1.82) is 0 Å². The van der Waals surface area contributed by atoms with Crippen molar-refractivity contribution >= 4 is 0 Å². The molecule has 2 aliphatic carbocycles. The van der Waals surface area contributed by atoms with Crippen LogP contribution in [0.15, 0.2) is 17.7 Å². The molecule has 0 heteroatoms. The Hall–Kier alpha value is -0.520. The van der Waals surface area contributed by atoms with Crippen molar-refractivity contribution in [2.24, 2.45) is 5.92 Å². The second kappa shape index (κ2) is 3.25. The number of rotatable bonds is 1. The summed E-state index contributed by atoms with van der Waals surface area (Å²) in [5, 5.41) is 0. The highest BCUT2D eigenvalue weighted by atomic mass is 14.2. The van der Waals surface area contributed by atoms with Crippen molar-refractivity contribution in [1.82, 2.24) is 0 Å². The normalized spacial score (nSPS) is 30.5. The number of allylic oxidation sites excluding steroid dienone is 4. The molecule has 0 saturated heterocycles.